The molecule has 0 spiro atoms. The van der Waals surface area contributed by atoms with Crippen molar-refractivity contribution < 1.29 is 22.4 Å². The Morgan fingerprint density at radius 3 is 2.15 bits per heavy atom. The Morgan fingerprint density at radius 2 is 1.54 bits per heavy atom. The number of benzene rings is 3. The van der Waals surface area contributed by atoms with Gasteiger partial charge >= 0.3 is 0 Å². The lowest BCUT2D eigenvalue weighted by molar-refractivity contribution is -0.137. The van der Waals surface area contributed by atoms with Crippen molar-refractivity contribution >= 4 is 45.0 Å². The molecule has 4 rings (SSSR count). The maximum Gasteiger partial charge on any atom is 0.278 e. The molecule has 0 aliphatic carbocycles. The monoisotopic (exact) mass is 567 g/mol. The van der Waals surface area contributed by atoms with Gasteiger partial charge in [0.25, 0.3) is 21.8 Å². The van der Waals surface area contributed by atoms with Gasteiger partial charge in [-0.25, -0.2) is 12.8 Å². The normalized spacial score (nSPS) is 14.1. The molecule has 7 nitrogen and oxygen atoms in total. The van der Waals surface area contributed by atoms with Gasteiger partial charge in [0.2, 0.25) is 0 Å². The number of hydrogen-bond acceptors (Lipinski definition) is 6. The summed E-state index contributed by atoms with van der Waals surface area (Å²) in [4.78, 5) is 28.6. The fourth-order valence-electron chi connectivity index (χ4n) is 3.95. The molecule has 0 unspecified atom stereocenters. The second-order valence-corrected chi connectivity index (χ2v) is 12.7. The molecular formula is C29H30FN3O4S2. The zero-order valence-corrected chi connectivity index (χ0v) is 23.7. The van der Waals surface area contributed by atoms with Crippen molar-refractivity contribution in [3.63, 3.8) is 0 Å². The van der Waals surface area contributed by atoms with Crippen molar-refractivity contribution in [2.75, 3.05) is 16.6 Å². The fraction of sp³-hybridized carbons (Fsp3) is 0.241. The molecule has 0 fully saturated rings. The van der Waals surface area contributed by atoms with Crippen LogP contribution in [-0.4, -0.2) is 31.7 Å². The summed E-state index contributed by atoms with van der Waals surface area (Å²) in [7, 11) is -3.96. The van der Waals surface area contributed by atoms with Crippen LogP contribution in [0, 0.1) is 11.7 Å². The SMILES string of the molecule is CC(C)CN1C(=O)C(Nc2ccc(C(C)C)cc2)=C(Sc2cccc(NS(=O)(=O)c3ccc(F)cc3)c2)C1=O. The van der Waals surface area contributed by atoms with Crippen LogP contribution in [0.25, 0.3) is 0 Å². The summed E-state index contributed by atoms with van der Waals surface area (Å²) >= 11 is 1.09. The van der Waals surface area contributed by atoms with Gasteiger partial charge in [0.05, 0.1) is 4.90 Å². The summed E-state index contributed by atoms with van der Waals surface area (Å²) in [5.41, 5.74) is 2.28. The van der Waals surface area contributed by atoms with Crippen molar-refractivity contribution in [1.82, 2.24) is 4.90 Å². The van der Waals surface area contributed by atoms with E-state index in [0.29, 0.717) is 16.5 Å². The van der Waals surface area contributed by atoms with E-state index in [1.165, 1.54) is 17.0 Å². The van der Waals surface area contributed by atoms with Crippen LogP contribution in [0.15, 0.2) is 93.2 Å². The van der Waals surface area contributed by atoms with E-state index in [1.807, 2.05) is 38.1 Å². The van der Waals surface area contributed by atoms with E-state index < -0.39 is 27.7 Å². The predicted molar refractivity (Wildman–Crippen MR) is 152 cm³/mol. The number of sulfonamides is 1. The summed E-state index contributed by atoms with van der Waals surface area (Å²) in [5.74, 6) is -0.913. The van der Waals surface area contributed by atoms with E-state index in [9.17, 15) is 22.4 Å². The maximum absolute atomic E-state index is 13.4. The number of thioether (sulfide) groups is 1. The summed E-state index contributed by atoms with van der Waals surface area (Å²) in [5, 5.41) is 3.14. The number of nitrogens with zero attached hydrogens (tertiary/aromatic N) is 1. The Hall–Kier alpha value is -3.63. The Morgan fingerprint density at radius 1 is 0.872 bits per heavy atom. The quantitative estimate of drug-likeness (QED) is 0.284. The lowest BCUT2D eigenvalue weighted by Crippen LogP contribution is -2.35. The van der Waals surface area contributed by atoms with E-state index in [1.54, 1.807) is 24.3 Å². The number of imide groups is 1. The largest absolute Gasteiger partial charge is 0.350 e. The molecule has 10 heteroatoms. The number of halogens is 1. The third-order valence-electron chi connectivity index (χ3n) is 5.95. The minimum Gasteiger partial charge on any atom is -0.350 e. The number of hydrogen-bond donors (Lipinski definition) is 2. The molecule has 3 aromatic carbocycles. The number of rotatable bonds is 10. The first-order chi connectivity index (χ1) is 18.4. The Bertz CT molecular complexity index is 1520. The molecule has 204 valence electrons. The number of carbonyl (C=O) groups excluding carboxylic acids is 2. The smallest absolute Gasteiger partial charge is 0.278 e. The van der Waals surface area contributed by atoms with Crippen LogP contribution in [0.2, 0.25) is 0 Å². The summed E-state index contributed by atoms with van der Waals surface area (Å²) in [6.45, 7) is 8.32. The maximum atomic E-state index is 13.4. The number of carbonyl (C=O) groups is 2. The third-order valence-corrected chi connectivity index (χ3v) is 8.42. The minimum absolute atomic E-state index is 0.0815. The lowest BCUT2D eigenvalue weighted by atomic mass is 10.0. The Kier molecular flexibility index (Phi) is 8.46. The van der Waals surface area contributed by atoms with Gasteiger partial charge in [0.1, 0.15) is 16.4 Å². The Balaban J connectivity index is 1.63. The molecule has 1 aliphatic heterocycles. The molecule has 39 heavy (non-hydrogen) atoms. The molecule has 0 bridgehead atoms. The molecule has 2 amide bonds. The zero-order chi connectivity index (χ0) is 28.3. The summed E-state index contributed by atoms with van der Waals surface area (Å²) < 4.78 is 41.3. The average molecular weight is 568 g/mol. The fourth-order valence-corrected chi connectivity index (χ4v) is 6.01. The number of nitrogens with one attached hydrogen (secondary N) is 2. The predicted octanol–water partition coefficient (Wildman–Crippen LogP) is 6.19. The van der Waals surface area contributed by atoms with Gasteiger partial charge in [-0.2, -0.15) is 0 Å². The van der Waals surface area contributed by atoms with E-state index in [-0.39, 0.29) is 33.6 Å². The summed E-state index contributed by atoms with van der Waals surface area (Å²) in [6, 6.07) is 18.7. The van der Waals surface area contributed by atoms with E-state index in [2.05, 4.69) is 23.9 Å². The molecule has 0 radical (unpaired) electrons. The van der Waals surface area contributed by atoms with Gasteiger partial charge in [-0.3, -0.25) is 19.2 Å². The van der Waals surface area contributed by atoms with Gasteiger partial charge in [0, 0.05) is 22.8 Å². The van der Waals surface area contributed by atoms with Crippen molar-refractivity contribution in [3.8, 4) is 0 Å². The molecule has 0 aromatic heterocycles. The van der Waals surface area contributed by atoms with Crippen LogP contribution < -0.4 is 10.0 Å². The van der Waals surface area contributed by atoms with Crippen molar-refractivity contribution in [2.24, 2.45) is 5.92 Å². The van der Waals surface area contributed by atoms with Crippen LogP contribution in [-0.2, 0) is 19.6 Å². The van der Waals surface area contributed by atoms with Crippen LogP contribution in [0.1, 0.15) is 39.2 Å². The van der Waals surface area contributed by atoms with Crippen molar-refractivity contribution in [1.29, 1.82) is 0 Å². The molecule has 1 aliphatic rings. The Labute approximate surface area is 232 Å². The standard InChI is InChI=1S/C29H30FN3O4S2/c1-18(2)17-33-28(34)26(31-22-12-8-20(9-13-22)19(3)4)27(29(33)35)38-24-7-5-6-23(16-24)32-39(36,37)25-14-10-21(30)11-15-25/h5-16,18-19,31-32H,17H2,1-4H3. The highest BCUT2D eigenvalue weighted by Crippen LogP contribution is 2.37. The molecular weight excluding hydrogens is 537 g/mol. The first-order valence-corrected chi connectivity index (χ1v) is 14.8. The number of amides is 2. The summed E-state index contributed by atoms with van der Waals surface area (Å²) in [6.07, 6.45) is 0. The van der Waals surface area contributed by atoms with Crippen LogP contribution in [0.5, 0.6) is 0 Å². The second-order valence-electron chi connectivity index (χ2n) is 9.91. The van der Waals surface area contributed by atoms with Gasteiger partial charge in [0.15, 0.2) is 0 Å². The topological polar surface area (TPSA) is 95.6 Å². The van der Waals surface area contributed by atoms with E-state index in [4.69, 9.17) is 0 Å². The van der Waals surface area contributed by atoms with Crippen molar-refractivity contribution in [3.05, 3.63) is 94.8 Å². The second kappa shape index (κ2) is 11.6. The van der Waals surface area contributed by atoms with Gasteiger partial charge in [-0.05, 0) is 72.0 Å². The molecule has 0 saturated heterocycles. The van der Waals surface area contributed by atoms with Gasteiger partial charge in [-0.15, -0.1) is 0 Å². The van der Waals surface area contributed by atoms with E-state index in [0.717, 1.165) is 29.5 Å². The highest BCUT2D eigenvalue weighted by atomic mass is 32.2. The van der Waals surface area contributed by atoms with Crippen molar-refractivity contribution in [2.45, 2.75) is 43.4 Å². The minimum atomic E-state index is -3.96. The average Bonchev–Trinajstić information content (AvgIpc) is 3.08. The van der Waals surface area contributed by atoms with Gasteiger partial charge in [-0.1, -0.05) is 57.7 Å². The third kappa shape index (κ3) is 6.69. The highest BCUT2D eigenvalue weighted by molar-refractivity contribution is 8.04. The molecule has 3 aromatic rings. The van der Waals surface area contributed by atoms with Crippen LogP contribution in [0.3, 0.4) is 0 Å². The molecule has 2 N–H and O–H groups in total. The molecule has 1 heterocycles. The zero-order valence-electron chi connectivity index (χ0n) is 22.1. The van der Waals surface area contributed by atoms with E-state index >= 15 is 0 Å². The number of anilines is 2. The first kappa shape index (κ1) is 28.4. The van der Waals surface area contributed by atoms with Crippen LogP contribution >= 0.6 is 11.8 Å². The van der Waals surface area contributed by atoms with Gasteiger partial charge < -0.3 is 5.32 Å². The van der Waals surface area contributed by atoms with Crippen LogP contribution in [0.4, 0.5) is 15.8 Å². The highest BCUT2D eigenvalue weighted by Gasteiger charge is 2.39. The first-order valence-electron chi connectivity index (χ1n) is 12.5. The molecule has 0 saturated carbocycles. The lowest BCUT2D eigenvalue weighted by Gasteiger charge is -2.17. The molecule has 0 atom stereocenters.